The summed E-state index contributed by atoms with van der Waals surface area (Å²) in [6.45, 7) is 3.88. The Morgan fingerprint density at radius 2 is 2.22 bits per heavy atom. The summed E-state index contributed by atoms with van der Waals surface area (Å²) >= 11 is 0. The molecule has 2 N–H and O–H groups in total. The van der Waals surface area contributed by atoms with Crippen LogP contribution in [0.5, 0.6) is 0 Å². The topological polar surface area (TPSA) is 41.1 Å². The molecule has 3 heteroatoms. The summed E-state index contributed by atoms with van der Waals surface area (Å²) in [4.78, 5) is 11.4. The van der Waals surface area contributed by atoms with Crippen LogP contribution in [0.3, 0.4) is 0 Å². The molecule has 1 saturated carbocycles. The second-order valence-corrected chi connectivity index (χ2v) is 5.11. The van der Waals surface area contributed by atoms with E-state index in [-0.39, 0.29) is 5.91 Å². The van der Waals surface area contributed by atoms with E-state index in [4.69, 9.17) is 0 Å². The molecule has 1 aromatic rings. The van der Waals surface area contributed by atoms with Gasteiger partial charge in [0.1, 0.15) is 0 Å². The summed E-state index contributed by atoms with van der Waals surface area (Å²) < 4.78 is 0. The van der Waals surface area contributed by atoms with Crippen molar-refractivity contribution in [2.45, 2.75) is 45.2 Å². The fourth-order valence-electron chi connectivity index (χ4n) is 1.96. The van der Waals surface area contributed by atoms with E-state index in [1.165, 1.54) is 11.1 Å². The number of hydrogen-bond donors (Lipinski definition) is 2. The predicted octanol–water partition coefficient (Wildman–Crippen LogP) is 2.14. The first-order chi connectivity index (χ1) is 8.74. The Balaban J connectivity index is 1.54. The van der Waals surface area contributed by atoms with Crippen molar-refractivity contribution in [2.75, 3.05) is 6.54 Å². The lowest BCUT2D eigenvalue weighted by atomic mass is 10.1. The zero-order valence-electron chi connectivity index (χ0n) is 11.0. The summed E-state index contributed by atoms with van der Waals surface area (Å²) in [5.74, 6) is 0.204. The molecule has 0 bridgehead atoms. The average Bonchev–Trinajstić information content (AvgIpc) is 3.12. The third-order valence-electron chi connectivity index (χ3n) is 3.11. The Morgan fingerprint density at radius 1 is 1.39 bits per heavy atom. The number of amides is 1. The quantitative estimate of drug-likeness (QED) is 0.724. The lowest BCUT2D eigenvalue weighted by Crippen LogP contribution is -2.26. The zero-order valence-corrected chi connectivity index (χ0v) is 11.0. The standard InChI is InChI=1S/C15H22N2O/c1-12-4-2-5-13(10-12)11-16-9-3-6-15(18)17-14-7-8-14/h2,4-5,10,14,16H,3,6-9,11H2,1H3,(H,17,18). The van der Waals surface area contributed by atoms with Gasteiger partial charge in [-0.05, 0) is 38.3 Å². The highest BCUT2D eigenvalue weighted by atomic mass is 16.1. The van der Waals surface area contributed by atoms with E-state index in [0.717, 1.165) is 32.4 Å². The van der Waals surface area contributed by atoms with Crippen molar-refractivity contribution in [3.8, 4) is 0 Å². The molecule has 1 aromatic carbocycles. The molecule has 18 heavy (non-hydrogen) atoms. The molecule has 0 unspecified atom stereocenters. The Hall–Kier alpha value is -1.35. The third kappa shape index (κ3) is 4.88. The fourth-order valence-corrected chi connectivity index (χ4v) is 1.96. The molecule has 1 fully saturated rings. The first-order valence-corrected chi connectivity index (χ1v) is 6.79. The van der Waals surface area contributed by atoms with Crippen molar-refractivity contribution >= 4 is 5.91 Å². The van der Waals surface area contributed by atoms with Gasteiger partial charge in [0.25, 0.3) is 0 Å². The minimum Gasteiger partial charge on any atom is -0.353 e. The third-order valence-corrected chi connectivity index (χ3v) is 3.11. The molecule has 1 aliphatic carbocycles. The van der Waals surface area contributed by atoms with E-state index >= 15 is 0 Å². The van der Waals surface area contributed by atoms with Crippen LogP contribution in [0.25, 0.3) is 0 Å². The normalized spacial score (nSPS) is 14.5. The van der Waals surface area contributed by atoms with Gasteiger partial charge in [-0.1, -0.05) is 29.8 Å². The van der Waals surface area contributed by atoms with Crippen LogP contribution < -0.4 is 10.6 Å². The van der Waals surface area contributed by atoms with Gasteiger partial charge in [0.2, 0.25) is 5.91 Å². The van der Waals surface area contributed by atoms with Gasteiger partial charge in [-0.2, -0.15) is 0 Å². The predicted molar refractivity (Wildman–Crippen MR) is 73.3 cm³/mol. The number of carbonyl (C=O) groups is 1. The molecule has 0 radical (unpaired) electrons. The highest BCUT2D eigenvalue weighted by Crippen LogP contribution is 2.18. The molecule has 98 valence electrons. The van der Waals surface area contributed by atoms with Crippen LogP contribution in [-0.4, -0.2) is 18.5 Å². The molecule has 0 spiro atoms. The van der Waals surface area contributed by atoms with Crippen LogP contribution >= 0.6 is 0 Å². The van der Waals surface area contributed by atoms with E-state index < -0.39 is 0 Å². The molecule has 0 aliphatic heterocycles. The second kappa shape index (κ2) is 6.55. The molecule has 1 aliphatic rings. The molecular formula is C15H22N2O. The van der Waals surface area contributed by atoms with Gasteiger partial charge in [-0.25, -0.2) is 0 Å². The number of carbonyl (C=O) groups excluding carboxylic acids is 1. The maximum atomic E-state index is 11.4. The Bertz CT molecular complexity index is 399. The maximum Gasteiger partial charge on any atom is 0.220 e. The van der Waals surface area contributed by atoms with Gasteiger partial charge in [0.05, 0.1) is 0 Å². The molecule has 2 rings (SSSR count). The summed E-state index contributed by atoms with van der Waals surface area (Å²) in [5, 5.41) is 6.38. The van der Waals surface area contributed by atoms with Gasteiger partial charge in [-0.3, -0.25) is 4.79 Å². The van der Waals surface area contributed by atoms with E-state index in [0.29, 0.717) is 12.5 Å². The number of benzene rings is 1. The molecule has 0 aromatic heterocycles. The SMILES string of the molecule is Cc1cccc(CNCCCC(=O)NC2CC2)c1. The van der Waals surface area contributed by atoms with E-state index in [1.54, 1.807) is 0 Å². The zero-order chi connectivity index (χ0) is 12.8. The average molecular weight is 246 g/mol. The number of aryl methyl sites for hydroxylation is 1. The van der Waals surface area contributed by atoms with Crippen molar-refractivity contribution in [1.82, 2.24) is 10.6 Å². The van der Waals surface area contributed by atoms with Gasteiger partial charge >= 0.3 is 0 Å². The smallest absolute Gasteiger partial charge is 0.220 e. The number of hydrogen-bond acceptors (Lipinski definition) is 2. The Morgan fingerprint density at radius 3 is 2.94 bits per heavy atom. The van der Waals surface area contributed by atoms with Crippen molar-refractivity contribution in [3.63, 3.8) is 0 Å². The maximum absolute atomic E-state index is 11.4. The summed E-state index contributed by atoms with van der Waals surface area (Å²) in [7, 11) is 0. The van der Waals surface area contributed by atoms with Crippen molar-refractivity contribution < 1.29 is 4.79 Å². The van der Waals surface area contributed by atoms with Crippen LogP contribution in [-0.2, 0) is 11.3 Å². The van der Waals surface area contributed by atoms with E-state index in [1.807, 2.05) is 0 Å². The molecule has 1 amide bonds. The van der Waals surface area contributed by atoms with Crippen LogP contribution in [0.1, 0.15) is 36.8 Å². The first-order valence-electron chi connectivity index (χ1n) is 6.79. The molecular weight excluding hydrogens is 224 g/mol. The molecule has 3 nitrogen and oxygen atoms in total. The second-order valence-electron chi connectivity index (χ2n) is 5.11. The molecule has 0 saturated heterocycles. The number of rotatable bonds is 7. The van der Waals surface area contributed by atoms with E-state index in [9.17, 15) is 4.79 Å². The van der Waals surface area contributed by atoms with Gasteiger partial charge < -0.3 is 10.6 Å². The van der Waals surface area contributed by atoms with Crippen molar-refractivity contribution in [1.29, 1.82) is 0 Å². The molecule has 0 atom stereocenters. The summed E-state index contributed by atoms with van der Waals surface area (Å²) in [6.07, 6.45) is 3.87. The monoisotopic (exact) mass is 246 g/mol. The molecule has 0 heterocycles. The van der Waals surface area contributed by atoms with Crippen LogP contribution in [0.2, 0.25) is 0 Å². The van der Waals surface area contributed by atoms with Crippen LogP contribution in [0.15, 0.2) is 24.3 Å². The van der Waals surface area contributed by atoms with Crippen LogP contribution in [0.4, 0.5) is 0 Å². The Labute approximate surface area is 109 Å². The fraction of sp³-hybridized carbons (Fsp3) is 0.533. The Kier molecular flexibility index (Phi) is 4.76. The minimum atomic E-state index is 0.204. The van der Waals surface area contributed by atoms with Gasteiger partial charge in [0.15, 0.2) is 0 Å². The number of nitrogens with one attached hydrogen (secondary N) is 2. The highest BCUT2D eigenvalue weighted by molar-refractivity contribution is 5.76. The summed E-state index contributed by atoms with van der Waals surface area (Å²) in [6, 6.07) is 8.98. The minimum absolute atomic E-state index is 0.204. The first kappa shape index (κ1) is 13.1. The van der Waals surface area contributed by atoms with Crippen molar-refractivity contribution in [3.05, 3.63) is 35.4 Å². The van der Waals surface area contributed by atoms with Gasteiger partial charge in [0, 0.05) is 19.0 Å². The van der Waals surface area contributed by atoms with Crippen LogP contribution in [0, 0.1) is 6.92 Å². The lowest BCUT2D eigenvalue weighted by Gasteiger charge is -2.06. The summed E-state index contributed by atoms with van der Waals surface area (Å²) in [5.41, 5.74) is 2.59. The van der Waals surface area contributed by atoms with Crippen molar-refractivity contribution in [2.24, 2.45) is 0 Å². The van der Waals surface area contributed by atoms with E-state index in [2.05, 4.69) is 41.8 Å². The van der Waals surface area contributed by atoms with Gasteiger partial charge in [-0.15, -0.1) is 0 Å². The lowest BCUT2D eigenvalue weighted by molar-refractivity contribution is -0.121. The highest BCUT2D eigenvalue weighted by Gasteiger charge is 2.22. The largest absolute Gasteiger partial charge is 0.353 e.